The van der Waals surface area contributed by atoms with Crippen molar-refractivity contribution < 1.29 is 9.21 Å². The highest BCUT2D eigenvalue weighted by Gasteiger charge is 2.20. The van der Waals surface area contributed by atoms with Crippen molar-refractivity contribution in [3.8, 4) is 0 Å². The first-order chi connectivity index (χ1) is 6.34. The normalized spacial score (nSPS) is 15.2. The largest absolute Gasteiger partial charge is 0.464 e. The Morgan fingerprint density at radius 2 is 2.15 bits per heavy atom. The molecule has 1 heterocycles. The van der Waals surface area contributed by atoms with Crippen molar-refractivity contribution in [1.82, 2.24) is 0 Å². The third-order valence-electron chi connectivity index (χ3n) is 2.60. The van der Waals surface area contributed by atoms with Crippen LogP contribution in [-0.2, 0) is 6.42 Å². The highest BCUT2D eigenvalue weighted by atomic mass is 16.3. The number of aryl methyl sites for hydroxylation is 1. The fourth-order valence-corrected chi connectivity index (χ4v) is 1.91. The summed E-state index contributed by atoms with van der Waals surface area (Å²) in [6.07, 6.45) is 3.20. The summed E-state index contributed by atoms with van der Waals surface area (Å²) < 4.78 is 5.24. The first kappa shape index (κ1) is 6.89. The summed E-state index contributed by atoms with van der Waals surface area (Å²) in [5, 5.41) is 1.09. The molecule has 13 heavy (non-hydrogen) atoms. The summed E-state index contributed by atoms with van der Waals surface area (Å²) in [7, 11) is 0. The van der Waals surface area contributed by atoms with Gasteiger partial charge in [-0.2, -0.15) is 0 Å². The predicted molar refractivity (Wildman–Crippen MR) is 48.9 cm³/mol. The summed E-state index contributed by atoms with van der Waals surface area (Å²) in [5.41, 5.74) is 2.83. The summed E-state index contributed by atoms with van der Waals surface area (Å²) in [5.74, 6) is 0.244. The van der Waals surface area contributed by atoms with Crippen LogP contribution in [0, 0.1) is 0 Å². The molecule has 0 saturated heterocycles. The van der Waals surface area contributed by atoms with Gasteiger partial charge in [0.05, 0.1) is 6.26 Å². The lowest BCUT2D eigenvalue weighted by Gasteiger charge is -1.95. The van der Waals surface area contributed by atoms with Crippen molar-refractivity contribution in [2.75, 3.05) is 0 Å². The molecule has 0 unspecified atom stereocenters. The van der Waals surface area contributed by atoms with Crippen LogP contribution in [0.1, 0.15) is 22.3 Å². The summed E-state index contributed by atoms with van der Waals surface area (Å²) in [6, 6.07) is 5.84. The zero-order chi connectivity index (χ0) is 8.84. The third kappa shape index (κ3) is 0.856. The van der Waals surface area contributed by atoms with Crippen LogP contribution in [0.25, 0.3) is 11.0 Å². The van der Waals surface area contributed by atoms with Crippen LogP contribution < -0.4 is 0 Å². The average molecular weight is 172 g/mol. The van der Waals surface area contributed by atoms with Crippen LogP contribution in [0.15, 0.2) is 28.9 Å². The maximum absolute atomic E-state index is 11.4. The molecule has 0 bridgehead atoms. The van der Waals surface area contributed by atoms with Gasteiger partial charge >= 0.3 is 0 Å². The molecule has 1 aliphatic carbocycles. The molecular formula is C11H8O2. The SMILES string of the molecule is O=C1CCc2cc3ccoc3cc21. The number of rotatable bonds is 0. The van der Waals surface area contributed by atoms with E-state index in [1.807, 2.05) is 12.1 Å². The first-order valence-electron chi connectivity index (χ1n) is 4.38. The Hall–Kier alpha value is -1.57. The van der Waals surface area contributed by atoms with Crippen LogP contribution in [0.4, 0.5) is 0 Å². The molecule has 0 spiro atoms. The van der Waals surface area contributed by atoms with Gasteiger partial charge in [0.2, 0.25) is 0 Å². The fourth-order valence-electron chi connectivity index (χ4n) is 1.91. The second-order valence-electron chi connectivity index (χ2n) is 3.39. The molecule has 0 aliphatic heterocycles. The molecule has 64 valence electrons. The number of furan rings is 1. The first-order valence-corrected chi connectivity index (χ1v) is 4.38. The number of Topliss-reactive ketones (excluding diaryl/α,β-unsaturated/α-hetero) is 1. The highest BCUT2D eigenvalue weighted by Crippen LogP contribution is 2.27. The molecule has 1 aliphatic rings. The van der Waals surface area contributed by atoms with E-state index in [4.69, 9.17) is 4.42 Å². The maximum Gasteiger partial charge on any atom is 0.163 e. The van der Waals surface area contributed by atoms with Crippen LogP contribution in [0.3, 0.4) is 0 Å². The highest BCUT2D eigenvalue weighted by molar-refractivity contribution is 6.03. The molecule has 0 saturated carbocycles. The molecule has 3 rings (SSSR count). The van der Waals surface area contributed by atoms with E-state index in [9.17, 15) is 4.79 Å². The Morgan fingerprint density at radius 3 is 3.08 bits per heavy atom. The van der Waals surface area contributed by atoms with Crippen LogP contribution >= 0.6 is 0 Å². The third-order valence-corrected chi connectivity index (χ3v) is 2.60. The lowest BCUT2D eigenvalue weighted by molar-refractivity contribution is 0.0994. The van der Waals surface area contributed by atoms with E-state index in [-0.39, 0.29) is 5.78 Å². The van der Waals surface area contributed by atoms with Gasteiger partial charge in [-0.25, -0.2) is 0 Å². The van der Waals surface area contributed by atoms with Crippen LogP contribution in [-0.4, -0.2) is 5.78 Å². The number of fused-ring (bicyclic) bond motifs is 2. The Morgan fingerprint density at radius 1 is 1.23 bits per heavy atom. The Kier molecular flexibility index (Phi) is 1.18. The lowest BCUT2D eigenvalue weighted by atomic mass is 10.1. The smallest absolute Gasteiger partial charge is 0.163 e. The predicted octanol–water partition coefficient (Wildman–Crippen LogP) is 2.56. The van der Waals surface area contributed by atoms with E-state index in [0.29, 0.717) is 6.42 Å². The second-order valence-corrected chi connectivity index (χ2v) is 3.39. The van der Waals surface area contributed by atoms with Crippen molar-refractivity contribution >= 4 is 16.8 Å². The standard InChI is InChI=1S/C11H8O2/c12-10-2-1-7-5-8-3-4-13-11(8)6-9(7)10/h3-6H,1-2H2. The van der Waals surface area contributed by atoms with E-state index >= 15 is 0 Å². The molecule has 0 atom stereocenters. The van der Waals surface area contributed by atoms with Gasteiger partial charge in [-0.1, -0.05) is 0 Å². The number of carbonyl (C=O) groups is 1. The molecule has 2 nitrogen and oxygen atoms in total. The van der Waals surface area contributed by atoms with Crippen LogP contribution in [0.5, 0.6) is 0 Å². The number of benzene rings is 1. The van der Waals surface area contributed by atoms with E-state index in [0.717, 1.165) is 23.0 Å². The summed E-state index contributed by atoms with van der Waals surface area (Å²) >= 11 is 0. The van der Waals surface area contributed by atoms with E-state index < -0.39 is 0 Å². The van der Waals surface area contributed by atoms with Gasteiger partial charge in [0.25, 0.3) is 0 Å². The molecule has 0 fully saturated rings. The van der Waals surface area contributed by atoms with E-state index in [2.05, 4.69) is 6.07 Å². The molecule has 1 aromatic heterocycles. The van der Waals surface area contributed by atoms with E-state index in [1.54, 1.807) is 6.26 Å². The van der Waals surface area contributed by atoms with Gasteiger partial charge in [0.15, 0.2) is 5.78 Å². The molecule has 0 N–H and O–H groups in total. The monoisotopic (exact) mass is 172 g/mol. The molecule has 0 radical (unpaired) electrons. The minimum atomic E-state index is 0.244. The van der Waals surface area contributed by atoms with Crippen molar-refractivity contribution in [1.29, 1.82) is 0 Å². The van der Waals surface area contributed by atoms with Gasteiger partial charge in [-0.3, -0.25) is 4.79 Å². The zero-order valence-corrected chi connectivity index (χ0v) is 7.04. The molecule has 1 aromatic carbocycles. The number of ketones is 1. The lowest BCUT2D eigenvalue weighted by Crippen LogP contribution is -1.89. The van der Waals surface area contributed by atoms with Crippen molar-refractivity contribution in [3.63, 3.8) is 0 Å². The Balaban J connectivity index is 2.40. The molecular weight excluding hydrogens is 164 g/mol. The maximum atomic E-state index is 11.4. The van der Waals surface area contributed by atoms with Crippen molar-refractivity contribution in [2.24, 2.45) is 0 Å². The molecule has 2 aromatic rings. The van der Waals surface area contributed by atoms with Gasteiger partial charge < -0.3 is 4.42 Å². The number of carbonyl (C=O) groups excluding carboxylic acids is 1. The van der Waals surface area contributed by atoms with Gasteiger partial charge in [-0.05, 0) is 30.2 Å². The molecule has 0 amide bonds. The quantitative estimate of drug-likeness (QED) is 0.611. The van der Waals surface area contributed by atoms with Crippen LogP contribution in [0.2, 0.25) is 0 Å². The van der Waals surface area contributed by atoms with Crippen molar-refractivity contribution in [3.05, 3.63) is 35.6 Å². The van der Waals surface area contributed by atoms with Gasteiger partial charge in [0, 0.05) is 17.4 Å². The Labute approximate surface area is 75.2 Å². The zero-order valence-electron chi connectivity index (χ0n) is 7.04. The average Bonchev–Trinajstić information content (AvgIpc) is 2.70. The topological polar surface area (TPSA) is 30.2 Å². The summed E-state index contributed by atoms with van der Waals surface area (Å²) in [6.45, 7) is 0. The second kappa shape index (κ2) is 2.22. The fraction of sp³-hybridized carbons (Fsp3) is 0.182. The van der Waals surface area contributed by atoms with E-state index in [1.165, 1.54) is 5.56 Å². The van der Waals surface area contributed by atoms with Crippen molar-refractivity contribution in [2.45, 2.75) is 12.8 Å². The Bertz CT molecular complexity index is 494. The summed E-state index contributed by atoms with van der Waals surface area (Å²) in [4.78, 5) is 11.4. The minimum absolute atomic E-state index is 0.244. The number of hydrogen-bond donors (Lipinski definition) is 0. The van der Waals surface area contributed by atoms with Gasteiger partial charge in [0.1, 0.15) is 5.58 Å². The van der Waals surface area contributed by atoms with Gasteiger partial charge in [-0.15, -0.1) is 0 Å². The molecule has 2 heteroatoms. The minimum Gasteiger partial charge on any atom is -0.464 e. The number of hydrogen-bond acceptors (Lipinski definition) is 2.